The van der Waals surface area contributed by atoms with Crippen LogP contribution in [0, 0.1) is 5.92 Å². The van der Waals surface area contributed by atoms with Gasteiger partial charge in [-0.15, -0.1) is 0 Å². The Balaban J connectivity index is 1.81. The van der Waals surface area contributed by atoms with E-state index in [1.807, 2.05) is 0 Å². The van der Waals surface area contributed by atoms with E-state index in [0.717, 1.165) is 25.9 Å². The predicted octanol–water partition coefficient (Wildman–Crippen LogP) is 1.86. The van der Waals surface area contributed by atoms with Crippen molar-refractivity contribution in [3.8, 4) is 0 Å². The average Bonchev–Trinajstić information content (AvgIpc) is 2.74. The van der Waals surface area contributed by atoms with Crippen molar-refractivity contribution >= 4 is 5.91 Å². The first-order chi connectivity index (χ1) is 7.27. The van der Waals surface area contributed by atoms with Crippen molar-refractivity contribution in [2.75, 3.05) is 6.61 Å². The maximum atomic E-state index is 11.8. The van der Waals surface area contributed by atoms with E-state index in [2.05, 4.69) is 12.2 Å². The number of carbonyl (C=O) groups is 1. The van der Waals surface area contributed by atoms with Crippen molar-refractivity contribution in [1.82, 2.24) is 5.32 Å². The minimum atomic E-state index is -0.167. The normalized spacial score (nSPS) is 36.5. The fourth-order valence-electron chi connectivity index (χ4n) is 2.59. The lowest BCUT2D eigenvalue weighted by molar-refractivity contribution is -0.131. The first kappa shape index (κ1) is 10.9. The van der Waals surface area contributed by atoms with Crippen molar-refractivity contribution in [1.29, 1.82) is 0 Å². The summed E-state index contributed by atoms with van der Waals surface area (Å²) in [7, 11) is 0. The maximum Gasteiger partial charge on any atom is 0.249 e. The third kappa shape index (κ3) is 2.71. The lowest BCUT2D eigenvalue weighted by atomic mass is 9.86. The van der Waals surface area contributed by atoms with Crippen LogP contribution in [0.4, 0.5) is 0 Å². The summed E-state index contributed by atoms with van der Waals surface area (Å²) >= 11 is 0. The molecular formula is C12H21NO2. The second-order valence-corrected chi connectivity index (χ2v) is 4.88. The smallest absolute Gasteiger partial charge is 0.249 e. The van der Waals surface area contributed by atoms with Gasteiger partial charge in [0.15, 0.2) is 0 Å². The SMILES string of the molecule is C[C@@H]1CCCC[C@@H]1NC(=O)[C@H]1CCCO1. The van der Waals surface area contributed by atoms with Gasteiger partial charge in [-0.2, -0.15) is 0 Å². The van der Waals surface area contributed by atoms with Crippen molar-refractivity contribution in [2.24, 2.45) is 5.92 Å². The minimum Gasteiger partial charge on any atom is -0.368 e. The van der Waals surface area contributed by atoms with E-state index in [1.54, 1.807) is 0 Å². The van der Waals surface area contributed by atoms with Crippen LogP contribution < -0.4 is 5.32 Å². The molecule has 1 saturated carbocycles. The minimum absolute atomic E-state index is 0.117. The topological polar surface area (TPSA) is 38.3 Å². The summed E-state index contributed by atoms with van der Waals surface area (Å²) in [5, 5.41) is 3.15. The monoisotopic (exact) mass is 211 g/mol. The van der Waals surface area contributed by atoms with E-state index in [-0.39, 0.29) is 12.0 Å². The van der Waals surface area contributed by atoms with Crippen LogP contribution in [0.25, 0.3) is 0 Å². The molecular weight excluding hydrogens is 190 g/mol. The van der Waals surface area contributed by atoms with E-state index in [9.17, 15) is 4.79 Å². The van der Waals surface area contributed by atoms with E-state index in [4.69, 9.17) is 4.74 Å². The molecule has 0 spiro atoms. The highest BCUT2D eigenvalue weighted by Crippen LogP contribution is 2.24. The summed E-state index contributed by atoms with van der Waals surface area (Å²) in [5.74, 6) is 0.746. The summed E-state index contributed by atoms with van der Waals surface area (Å²) < 4.78 is 5.38. The van der Waals surface area contributed by atoms with Crippen LogP contribution in [-0.4, -0.2) is 24.7 Å². The van der Waals surface area contributed by atoms with Crippen molar-refractivity contribution in [3.63, 3.8) is 0 Å². The van der Waals surface area contributed by atoms with Gasteiger partial charge in [-0.1, -0.05) is 19.8 Å². The van der Waals surface area contributed by atoms with Crippen molar-refractivity contribution in [2.45, 2.75) is 57.6 Å². The lowest BCUT2D eigenvalue weighted by Crippen LogP contribution is -2.45. The summed E-state index contributed by atoms with van der Waals surface area (Å²) in [6.07, 6.45) is 6.70. The van der Waals surface area contributed by atoms with Crippen LogP contribution in [0.5, 0.6) is 0 Å². The van der Waals surface area contributed by atoms with Gasteiger partial charge in [0.2, 0.25) is 5.91 Å². The number of amides is 1. The molecule has 0 bridgehead atoms. The molecule has 15 heavy (non-hydrogen) atoms. The molecule has 0 aromatic rings. The molecule has 2 fully saturated rings. The number of hydrogen-bond donors (Lipinski definition) is 1. The molecule has 1 aliphatic carbocycles. The lowest BCUT2D eigenvalue weighted by Gasteiger charge is -2.30. The number of rotatable bonds is 2. The number of nitrogens with one attached hydrogen (secondary N) is 1. The molecule has 2 rings (SSSR count). The Morgan fingerprint density at radius 3 is 2.67 bits per heavy atom. The molecule has 1 heterocycles. The Hall–Kier alpha value is -0.570. The summed E-state index contributed by atoms with van der Waals surface area (Å²) in [6.45, 7) is 2.98. The Labute approximate surface area is 91.6 Å². The van der Waals surface area contributed by atoms with Crippen molar-refractivity contribution in [3.05, 3.63) is 0 Å². The second kappa shape index (κ2) is 4.97. The van der Waals surface area contributed by atoms with E-state index in [1.165, 1.54) is 19.3 Å². The highest BCUT2D eigenvalue weighted by molar-refractivity contribution is 5.81. The molecule has 86 valence electrons. The fraction of sp³-hybridized carbons (Fsp3) is 0.917. The first-order valence-electron chi connectivity index (χ1n) is 6.19. The highest BCUT2D eigenvalue weighted by atomic mass is 16.5. The van der Waals surface area contributed by atoms with E-state index in [0.29, 0.717) is 12.0 Å². The Morgan fingerprint density at radius 1 is 1.20 bits per heavy atom. The van der Waals surface area contributed by atoms with Crippen LogP contribution >= 0.6 is 0 Å². The molecule has 3 nitrogen and oxygen atoms in total. The Morgan fingerprint density at radius 2 is 2.00 bits per heavy atom. The average molecular weight is 211 g/mol. The Kier molecular flexibility index (Phi) is 3.62. The second-order valence-electron chi connectivity index (χ2n) is 4.88. The highest BCUT2D eigenvalue weighted by Gasteiger charge is 2.28. The van der Waals surface area contributed by atoms with Gasteiger partial charge < -0.3 is 10.1 Å². The van der Waals surface area contributed by atoms with Crippen LogP contribution in [-0.2, 0) is 9.53 Å². The summed E-state index contributed by atoms with van der Waals surface area (Å²) in [5.41, 5.74) is 0. The van der Waals surface area contributed by atoms with Gasteiger partial charge in [-0.3, -0.25) is 4.79 Å². The molecule has 3 heteroatoms. The van der Waals surface area contributed by atoms with Gasteiger partial charge in [0.05, 0.1) is 0 Å². The van der Waals surface area contributed by atoms with E-state index >= 15 is 0 Å². The molecule has 1 aliphatic heterocycles. The number of hydrogen-bond acceptors (Lipinski definition) is 2. The first-order valence-corrected chi connectivity index (χ1v) is 6.19. The third-order valence-electron chi connectivity index (χ3n) is 3.66. The molecule has 1 N–H and O–H groups in total. The van der Waals surface area contributed by atoms with Gasteiger partial charge in [-0.05, 0) is 31.6 Å². The van der Waals surface area contributed by atoms with Gasteiger partial charge in [-0.25, -0.2) is 0 Å². The van der Waals surface area contributed by atoms with Gasteiger partial charge >= 0.3 is 0 Å². The van der Waals surface area contributed by atoms with Crippen LogP contribution in [0.15, 0.2) is 0 Å². The quantitative estimate of drug-likeness (QED) is 0.757. The molecule has 3 atom stereocenters. The molecule has 0 radical (unpaired) electrons. The zero-order valence-electron chi connectivity index (χ0n) is 9.50. The standard InChI is InChI=1S/C12H21NO2/c1-9-5-2-3-6-10(9)13-12(14)11-7-4-8-15-11/h9-11H,2-8H2,1H3,(H,13,14)/t9-,10+,11-/m1/s1. The Bertz CT molecular complexity index is 224. The van der Waals surface area contributed by atoms with Gasteiger partial charge in [0, 0.05) is 12.6 Å². The fourth-order valence-corrected chi connectivity index (χ4v) is 2.59. The molecule has 2 aliphatic rings. The predicted molar refractivity (Wildman–Crippen MR) is 58.5 cm³/mol. The van der Waals surface area contributed by atoms with Crippen LogP contribution in [0.2, 0.25) is 0 Å². The van der Waals surface area contributed by atoms with Crippen molar-refractivity contribution < 1.29 is 9.53 Å². The largest absolute Gasteiger partial charge is 0.368 e. The van der Waals surface area contributed by atoms with Gasteiger partial charge in [0.1, 0.15) is 6.10 Å². The molecule has 0 aromatic heterocycles. The summed E-state index contributed by atoms with van der Waals surface area (Å²) in [6, 6.07) is 0.385. The zero-order chi connectivity index (χ0) is 10.7. The maximum absolute atomic E-state index is 11.8. The van der Waals surface area contributed by atoms with Gasteiger partial charge in [0.25, 0.3) is 0 Å². The zero-order valence-corrected chi connectivity index (χ0v) is 9.50. The summed E-state index contributed by atoms with van der Waals surface area (Å²) in [4.78, 5) is 11.8. The molecule has 1 amide bonds. The van der Waals surface area contributed by atoms with Crippen LogP contribution in [0.1, 0.15) is 45.4 Å². The molecule has 0 unspecified atom stereocenters. The third-order valence-corrected chi connectivity index (χ3v) is 3.66. The van der Waals surface area contributed by atoms with Crippen LogP contribution in [0.3, 0.4) is 0 Å². The van der Waals surface area contributed by atoms with E-state index < -0.39 is 0 Å². The number of carbonyl (C=O) groups excluding carboxylic acids is 1. The number of ether oxygens (including phenoxy) is 1. The molecule has 1 saturated heterocycles. The molecule has 0 aromatic carbocycles.